The molecule has 0 bridgehead atoms. The number of anilines is 1. The maximum Gasteiger partial charge on any atom is 0.149 e. The average molecular weight is 214 g/mol. The van der Waals surface area contributed by atoms with Crippen LogP contribution in [0.15, 0.2) is 30.6 Å². The van der Waals surface area contributed by atoms with Crippen LogP contribution in [0, 0.1) is 17.1 Å². The molecule has 0 aliphatic carbocycles. The molecule has 16 heavy (non-hydrogen) atoms. The van der Waals surface area contributed by atoms with Crippen molar-refractivity contribution >= 4 is 5.82 Å². The van der Waals surface area contributed by atoms with Gasteiger partial charge in [-0.2, -0.15) is 5.26 Å². The molecule has 0 atom stereocenters. The highest BCUT2D eigenvalue weighted by molar-refractivity contribution is 5.70. The zero-order valence-electron chi connectivity index (χ0n) is 8.18. The molecule has 5 heteroatoms. The van der Waals surface area contributed by atoms with Gasteiger partial charge in [0.05, 0.1) is 5.56 Å². The Balaban J connectivity index is 2.59. The molecule has 1 aromatic heterocycles. The summed E-state index contributed by atoms with van der Waals surface area (Å²) in [6.45, 7) is 0. The zero-order valence-corrected chi connectivity index (χ0v) is 8.18. The van der Waals surface area contributed by atoms with Crippen LogP contribution in [0.2, 0.25) is 0 Å². The molecule has 2 aromatic rings. The van der Waals surface area contributed by atoms with Crippen molar-refractivity contribution in [2.75, 3.05) is 5.73 Å². The molecule has 0 amide bonds. The maximum atomic E-state index is 13.1. The van der Waals surface area contributed by atoms with E-state index in [9.17, 15) is 4.39 Å². The van der Waals surface area contributed by atoms with Crippen molar-refractivity contribution in [3.63, 3.8) is 0 Å². The Bertz CT molecular complexity index is 574. The molecule has 2 N–H and O–H groups in total. The van der Waals surface area contributed by atoms with Crippen LogP contribution in [0.4, 0.5) is 10.2 Å². The van der Waals surface area contributed by atoms with Gasteiger partial charge in [-0.1, -0.05) is 0 Å². The largest absolute Gasteiger partial charge is 0.382 e. The minimum atomic E-state index is -0.561. The fourth-order valence-electron chi connectivity index (χ4n) is 1.33. The second-order valence-electron chi connectivity index (χ2n) is 3.10. The van der Waals surface area contributed by atoms with Crippen LogP contribution < -0.4 is 5.73 Å². The van der Waals surface area contributed by atoms with Crippen LogP contribution in [0.5, 0.6) is 0 Å². The molecule has 4 nitrogen and oxygen atoms in total. The second kappa shape index (κ2) is 3.95. The molecule has 0 fully saturated rings. The molecule has 1 aromatic carbocycles. The molecule has 0 spiro atoms. The van der Waals surface area contributed by atoms with Gasteiger partial charge in [-0.3, -0.25) is 4.98 Å². The molecule has 2 rings (SSSR count). The summed E-state index contributed by atoms with van der Waals surface area (Å²) in [6.07, 6.45) is 2.95. The van der Waals surface area contributed by atoms with E-state index >= 15 is 0 Å². The summed E-state index contributed by atoms with van der Waals surface area (Å²) in [6, 6.07) is 5.88. The van der Waals surface area contributed by atoms with Gasteiger partial charge in [-0.25, -0.2) is 9.37 Å². The predicted molar refractivity (Wildman–Crippen MR) is 56.6 cm³/mol. The van der Waals surface area contributed by atoms with Gasteiger partial charge in [0, 0.05) is 18.0 Å². The third kappa shape index (κ3) is 1.68. The van der Waals surface area contributed by atoms with Crippen LogP contribution in [-0.4, -0.2) is 9.97 Å². The van der Waals surface area contributed by atoms with E-state index in [0.717, 1.165) is 0 Å². The minimum absolute atomic E-state index is 0.0393. The first-order valence-electron chi connectivity index (χ1n) is 4.49. The van der Waals surface area contributed by atoms with Gasteiger partial charge in [-0.15, -0.1) is 0 Å². The standard InChI is InChI=1S/C11H7FN4/c12-9-2-1-7(5-8(9)6-13)10-11(14)16-4-3-15-10/h1-5H,(H2,14,16). The molecule has 0 unspecified atom stereocenters. The van der Waals surface area contributed by atoms with Crippen molar-refractivity contribution in [3.8, 4) is 17.3 Å². The highest BCUT2D eigenvalue weighted by Crippen LogP contribution is 2.23. The summed E-state index contributed by atoms with van der Waals surface area (Å²) in [7, 11) is 0. The molecule has 0 saturated carbocycles. The Morgan fingerprint density at radius 3 is 2.69 bits per heavy atom. The molecular formula is C11H7FN4. The van der Waals surface area contributed by atoms with Crippen LogP contribution in [0.3, 0.4) is 0 Å². The van der Waals surface area contributed by atoms with Crippen molar-refractivity contribution in [1.29, 1.82) is 5.26 Å². The summed E-state index contributed by atoms with van der Waals surface area (Å²) in [5.74, 6) is -0.313. The Hall–Kier alpha value is -2.48. The smallest absolute Gasteiger partial charge is 0.149 e. The summed E-state index contributed by atoms with van der Waals surface area (Å²) in [4.78, 5) is 7.91. The van der Waals surface area contributed by atoms with E-state index < -0.39 is 5.82 Å². The monoisotopic (exact) mass is 214 g/mol. The van der Waals surface area contributed by atoms with Crippen LogP contribution in [-0.2, 0) is 0 Å². The SMILES string of the molecule is N#Cc1cc(-c2nccnc2N)ccc1F. The predicted octanol–water partition coefficient (Wildman–Crippen LogP) is 1.74. The highest BCUT2D eigenvalue weighted by atomic mass is 19.1. The van der Waals surface area contributed by atoms with Crippen molar-refractivity contribution < 1.29 is 4.39 Å². The third-order valence-electron chi connectivity index (χ3n) is 2.09. The summed E-state index contributed by atoms with van der Waals surface area (Å²) >= 11 is 0. The lowest BCUT2D eigenvalue weighted by atomic mass is 10.1. The quantitative estimate of drug-likeness (QED) is 0.784. The van der Waals surface area contributed by atoms with Crippen molar-refractivity contribution in [2.24, 2.45) is 0 Å². The highest BCUT2D eigenvalue weighted by Gasteiger charge is 2.08. The molecular weight excluding hydrogens is 207 g/mol. The third-order valence-corrected chi connectivity index (χ3v) is 2.09. The van der Waals surface area contributed by atoms with Gasteiger partial charge in [0.25, 0.3) is 0 Å². The number of benzene rings is 1. The Kier molecular flexibility index (Phi) is 2.48. The number of nitrogen functional groups attached to an aromatic ring is 1. The fourth-order valence-corrected chi connectivity index (χ4v) is 1.33. The van der Waals surface area contributed by atoms with Gasteiger partial charge >= 0.3 is 0 Å². The first-order valence-corrected chi connectivity index (χ1v) is 4.49. The number of nitriles is 1. The molecule has 78 valence electrons. The summed E-state index contributed by atoms with van der Waals surface area (Å²) < 4.78 is 13.1. The molecule has 0 radical (unpaired) electrons. The van der Waals surface area contributed by atoms with Crippen molar-refractivity contribution in [3.05, 3.63) is 42.0 Å². The van der Waals surface area contributed by atoms with E-state index in [1.165, 1.54) is 30.6 Å². The second-order valence-corrected chi connectivity index (χ2v) is 3.10. The molecule has 0 saturated heterocycles. The Morgan fingerprint density at radius 1 is 1.25 bits per heavy atom. The topological polar surface area (TPSA) is 75.6 Å². The average Bonchev–Trinajstić information content (AvgIpc) is 2.31. The van der Waals surface area contributed by atoms with Crippen LogP contribution in [0.25, 0.3) is 11.3 Å². The van der Waals surface area contributed by atoms with Crippen molar-refractivity contribution in [1.82, 2.24) is 9.97 Å². The summed E-state index contributed by atoms with van der Waals surface area (Å²) in [5, 5.41) is 8.70. The lowest BCUT2D eigenvalue weighted by Gasteiger charge is -2.03. The van der Waals surface area contributed by atoms with Crippen molar-refractivity contribution in [2.45, 2.75) is 0 Å². The number of hydrogen-bond acceptors (Lipinski definition) is 4. The first-order chi connectivity index (χ1) is 7.72. The number of halogens is 1. The van der Waals surface area contributed by atoms with Gasteiger partial charge < -0.3 is 5.73 Å². The fraction of sp³-hybridized carbons (Fsp3) is 0. The lowest BCUT2D eigenvalue weighted by Crippen LogP contribution is -1.96. The minimum Gasteiger partial charge on any atom is -0.382 e. The molecule has 1 heterocycles. The van der Waals surface area contributed by atoms with Gasteiger partial charge in [-0.05, 0) is 18.2 Å². The number of hydrogen-bond donors (Lipinski definition) is 1. The van der Waals surface area contributed by atoms with E-state index in [-0.39, 0.29) is 11.4 Å². The normalized spacial score (nSPS) is 9.75. The molecule has 0 aliphatic heterocycles. The Labute approximate surface area is 91.2 Å². The lowest BCUT2D eigenvalue weighted by molar-refractivity contribution is 0.624. The number of rotatable bonds is 1. The number of nitrogens with two attached hydrogens (primary N) is 1. The maximum absolute atomic E-state index is 13.1. The number of aromatic nitrogens is 2. The van der Waals surface area contributed by atoms with E-state index in [4.69, 9.17) is 11.0 Å². The Morgan fingerprint density at radius 2 is 2.00 bits per heavy atom. The van der Waals surface area contributed by atoms with Crippen LogP contribution >= 0.6 is 0 Å². The van der Waals surface area contributed by atoms with E-state index in [1.54, 1.807) is 6.07 Å². The van der Waals surface area contributed by atoms with Crippen LogP contribution in [0.1, 0.15) is 5.56 Å². The van der Waals surface area contributed by atoms with Gasteiger partial charge in [0.1, 0.15) is 23.4 Å². The number of nitrogens with zero attached hydrogens (tertiary/aromatic N) is 3. The first kappa shape index (κ1) is 10.1. The zero-order chi connectivity index (χ0) is 11.5. The van der Waals surface area contributed by atoms with E-state index in [0.29, 0.717) is 11.3 Å². The van der Waals surface area contributed by atoms with E-state index in [1.807, 2.05) is 0 Å². The van der Waals surface area contributed by atoms with E-state index in [2.05, 4.69) is 9.97 Å². The summed E-state index contributed by atoms with van der Waals surface area (Å²) in [5.41, 5.74) is 6.61. The van der Waals surface area contributed by atoms with Gasteiger partial charge in [0.15, 0.2) is 0 Å². The molecule has 0 aliphatic rings. The van der Waals surface area contributed by atoms with Gasteiger partial charge in [0.2, 0.25) is 0 Å².